The number of amides is 1. The number of unbranched alkanes of at least 4 members (excludes halogenated alkanes) is 3. The van der Waals surface area contributed by atoms with Gasteiger partial charge in [0.1, 0.15) is 5.82 Å². The highest BCUT2D eigenvalue weighted by Crippen LogP contribution is 2.23. The number of carbonyl (C=O) groups is 1. The van der Waals surface area contributed by atoms with Gasteiger partial charge < -0.3 is 15.4 Å². The van der Waals surface area contributed by atoms with E-state index in [2.05, 4.69) is 6.92 Å². The second-order valence-electron chi connectivity index (χ2n) is 8.86. The number of carbonyl (C=O) groups excluding carboxylic acids is 1. The van der Waals surface area contributed by atoms with Gasteiger partial charge in [-0.15, -0.1) is 0 Å². The predicted octanol–water partition coefficient (Wildman–Crippen LogP) is 4.33. The molecule has 0 saturated heterocycles. The van der Waals surface area contributed by atoms with Crippen molar-refractivity contribution in [2.75, 3.05) is 26.8 Å². The standard InChI is InChI=1S/C28H38N4O3/c1-4-22-13-15-23(16-14-22)27(33)31(18-10-6-5-9-17-29)21(2)26-30-25-12-8-7-11-24(25)28(34)32(26)19-20-35-3/h7-8,11-16,21H,4-6,9-10,17-20,29H2,1-3H3. The summed E-state index contributed by atoms with van der Waals surface area (Å²) in [5, 5.41) is 0.564. The number of rotatable bonds is 13. The van der Waals surface area contributed by atoms with E-state index < -0.39 is 6.04 Å². The Balaban J connectivity index is 2.00. The van der Waals surface area contributed by atoms with E-state index in [0.717, 1.165) is 32.1 Å². The molecule has 1 amide bonds. The zero-order chi connectivity index (χ0) is 25.2. The maximum absolute atomic E-state index is 13.7. The monoisotopic (exact) mass is 478 g/mol. The van der Waals surface area contributed by atoms with Crippen LogP contribution in [0.4, 0.5) is 0 Å². The first-order chi connectivity index (χ1) is 17.0. The number of ether oxygens (including phenoxy) is 1. The Morgan fingerprint density at radius 1 is 1.09 bits per heavy atom. The summed E-state index contributed by atoms with van der Waals surface area (Å²) in [6.07, 6.45) is 4.78. The lowest BCUT2D eigenvalue weighted by molar-refractivity contribution is 0.0673. The van der Waals surface area contributed by atoms with Crippen LogP contribution >= 0.6 is 0 Å². The lowest BCUT2D eigenvalue weighted by Crippen LogP contribution is -2.39. The van der Waals surface area contributed by atoms with Crippen LogP contribution in [0.1, 0.15) is 67.3 Å². The molecule has 2 N–H and O–H groups in total. The molecule has 1 unspecified atom stereocenters. The van der Waals surface area contributed by atoms with Crippen LogP contribution in [0.5, 0.6) is 0 Å². The van der Waals surface area contributed by atoms with Crippen LogP contribution in [0.3, 0.4) is 0 Å². The molecule has 1 atom stereocenters. The average molecular weight is 479 g/mol. The molecule has 7 heteroatoms. The van der Waals surface area contributed by atoms with E-state index in [-0.39, 0.29) is 11.5 Å². The van der Waals surface area contributed by atoms with E-state index in [9.17, 15) is 9.59 Å². The second-order valence-corrected chi connectivity index (χ2v) is 8.86. The number of benzene rings is 2. The fourth-order valence-electron chi connectivity index (χ4n) is 4.34. The van der Waals surface area contributed by atoms with Gasteiger partial charge in [-0.25, -0.2) is 4.98 Å². The summed E-state index contributed by atoms with van der Waals surface area (Å²) in [7, 11) is 1.61. The summed E-state index contributed by atoms with van der Waals surface area (Å²) >= 11 is 0. The number of hydrogen-bond acceptors (Lipinski definition) is 5. The number of fused-ring (bicyclic) bond motifs is 1. The van der Waals surface area contributed by atoms with Gasteiger partial charge in [0.25, 0.3) is 11.5 Å². The molecule has 0 spiro atoms. The summed E-state index contributed by atoms with van der Waals surface area (Å²) in [5.41, 5.74) is 7.99. The molecule has 35 heavy (non-hydrogen) atoms. The first-order valence-corrected chi connectivity index (χ1v) is 12.6. The molecule has 188 valence electrons. The number of para-hydroxylation sites is 1. The lowest BCUT2D eigenvalue weighted by atomic mass is 10.1. The summed E-state index contributed by atoms with van der Waals surface area (Å²) in [5.74, 6) is 0.519. The molecular weight excluding hydrogens is 440 g/mol. The number of aryl methyl sites for hydroxylation is 1. The first kappa shape index (κ1) is 26.6. The molecule has 1 heterocycles. The highest BCUT2D eigenvalue weighted by molar-refractivity contribution is 5.94. The van der Waals surface area contributed by atoms with Crippen LogP contribution in [0.2, 0.25) is 0 Å². The Hall–Kier alpha value is -3.03. The van der Waals surface area contributed by atoms with Crippen LogP contribution in [0, 0.1) is 0 Å². The van der Waals surface area contributed by atoms with Gasteiger partial charge in [0.2, 0.25) is 0 Å². The van der Waals surface area contributed by atoms with Crippen molar-refractivity contribution in [3.63, 3.8) is 0 Å². The van der Waals surface area contributed by atoms with E-state index in [1.54, 1.807) is 17.7 Å². The molecule has 0 fully saturated rings. The van der Waals surface area contributed by atoms with Crippen molar-refractivity contribution < 1.29 is 9.53 Å². The molecule has 0 bridgehead atoms. The zero-order valence-corrected chi connectivity index (χ0v) is 21.2. The third kappa shape index (κ3) is 6.55. The molecule has 0 aliphatic carbocycles. The molecule has 0 radical (unpaired) electrons. The third-order valence-corrected chi connectivity index (χ3v) is 6.47. The molecule has 0 aliphatic rings. The van der Waals surface area contributed by atoms with Crippen molar-refractivity contribution in [2.24, 2.45) is 5.73 Å². The van der Waals surface area contributed by atoms with Crippen LogP contribution in [-0.4, -0.2) is 47.2 Å². The van der Waals surface area contributed by atoms with Crippen molar-refractivity contribution in [2.45, 2.75) is 58.5 Å². The van der Waals surface area contributed by atoms with E-state index >= 15 is 0 Å². The number of nitrogens with two attached hydrogens (primary N) is 1. The molecule has 0 saturated carbocycles. The number of aromatic nitrogens is 2. The van der Waals surface area contributed by atoms with Crippen LogP contribution in [0.25, 0.3) is 10.9 Å². The Kier molecular flexibility index (Phi) is 9.99. The first-order valence-electron chi connectivity index (χ1n) is 12.6. The molecule has 1 aromatic heterocycles. The fourth-order valence-corrected chi connectivity index (χ4v) is 4.34. The molecule has 2 aromatic carbocycles. The Morgan fingerprint density at radius 2 is 1.80 bits per heavy atom. The van der Waals surface area contributed by atoms with Crippen molar-refractivity contribution in [3.8, 4) is 0 Å². The lowest BCUT2D eigenvalue weighted by Gasteiger charge is -2.31. The fraction of sp³-hybridized carbons (Fsp3) is 0.464. The van der Waals surface area contributed by atoms with Gasteiger partial charge in [0, 0.05) is 19.2 Å². The summed E-state index contributed by atoms with van der Waals surface area (Å²) in [6.45, 7) is 6.06. The van der Waals surface area contributed by atoms with Crippen LogP contribution in [-0.2, 0) is 17.7 Å². The third-order valence-electron chi connectivity index (χ3n) is 6.47. The number of nitrogens with zero attached hydrogens (tertiary/aromatic N) is 3. The minimum atomic E-state index is -0.392. The van der Waals surface area contributed by atoms with E-state index in [4.69, 9.17) is 15.5 Å². The largest absolute Gasteiger partial charge is 0.383 e. The quantitative estimate of drug-likeness (QED) is 0.369. The molecule has 7 nitrogen and oxygen atoms in total. The Morgan fingerprint density at radius 3 is 2.49 bits per heavy atom. The van der Waals surface area contributed by atoms with Gasteiger partial charge in [-0.1, -0.05) is 44.0 Å². The van der Waals surface area contributed by atoms with Crippen molar-refractivity contribution >= 4 is 16.8 Å². The molecular formula is C28H38N4O3. The average Bonchev–Trinajstić information content (AvgIpc) is 2.89. The number of hydrogen-bond donors (Lipinski definition) is 1. The van der Waals surface area contributed by atoms with Gasteiger partial charge >= 0.3 is 0 Å². The SMILES string of the molecule is CCc1ccc(C(=O)N(CCCCCCN)C(C)c2nc3ccccc3c(=O)n2CCOC)cc1. The molecule has 3 aromatic rings. The minimum Gasteiger partial charge on any atom is -0.383 e. The summed E-state index contributed by atoms with van der Waals surface area (Å²) in [6, 6.07) is 14.7. The van der Waals surface area contributed by atoms with Crippen LogP contribution < -0.4 is 11.3 Å². The van der Waals surface area contributed by atoms with E-state index in [1.807, 2.05) is 54.3 Å². The van der Waals surface area contributed by atoms with Gasteiger partial charge in [-0.05, 0) is 62.6 Å². The van der Waals surface area contributed by atoms with Crippen molar-refractivity contribution in [1.29, 1.82) is 0 Å². The van der Waals surface area contributed by atoms with Gasteiger partial charge in [-0.3, -0.25) is 14.2 Å². The normalized spacial score (nSPS) is 12.1. The van der Waals surface area contributed by atoms with Crippen molar-refractivity contribution in [3.05, 3.63) is 75.8 Å². The summed E-state index contributed by atoms with van der Waals surface area (Å²) in [4.78, 5) is 33.8. The maximum atomic E-state index is 13.7. The minimum absolute atomic E-state index is 0.0559. The highest BCUT2D eigenvalue weighted by atomic mass is 16.5. The van der Waals surface area contributed by atoms with E-state index in [0.29, 0.717) is 48.5 Å². The maximum Gasteiger partial charge on any atom is 0.261 e. The van der Waals surface area contributed by atoms with Crippen LogP contribution in [0.15, 0.2) is 53.3 Å². The zero-order valence-electron chi connectivity index (χ0n) is 21.2. The van der Waals surface area contributed by atoms with Gasteiger partial charge in [0.05, 0.1) is 30.1 Å². The summed E-state index contributed by atoms with van der Waals surface area (Å²) < 4.78 is 6.93. The predicted molar refractivity (Wildman–Crippen MR) is 141 cm³/mol. The molecule has 0 aliphatic heterocycles. The number of methoxy groups -OCH3 is 1. The Bertz CT molecular complexity index is 1160. The smallest absolute Gasteiger partial charge is 0.261 e. The highest BCUT2D eigenvalue weighted by Gasteiger charge is 2.27. The van der Waals surface area contributed by atoms with Gasteiger partial charge in [0.15, 0.2) is 0 Å². The molecule has 3 rings (SSSR count). The van der Waals surface area contributed by atoms with Gasteiger partial charge in [-0.2, -0.15) is 0 Å². The van der Waals surface area contributed by atoms with Crippen molar-refractivity contribution in [1.82, 2.24) is 14.5 Å². The topological polar surface area (TPSA) is 90.5 Å². The Labute approximate surface area is 207 Å². The van der Waals surface area contributed by atoms with E-state index in [1.165, 1.54) is 5.56 Å². The second kappa shape index (κ2) is 13.2.